The molecule has 1 heterocycles. The number of ether oxygens (including phenoxy) is 3. The number of furan rings is 1. The molecule has 4 N–H and O–H groups in total. The monoisotopic (exact) mass is 506 g/mol. The van der Waals surface area contributed by atoms with Crippen LogP contribution in [0.5, 0.6) is 5.75 Å². The topological polar surface area (TPSA) is 110 Å². The van der Waals surface area contributed by atoms with Crippen LogP contribution in [-0.2, 0) is 47.0 Å². The fraction of sp³-hybridized carbons (Fsp3) is 0.276. The SMILES string of the molecule is CCOC(=O)Cc1ccc(CN)cc1OCc1cc(-c2cccc(CN)c2F)c2oc(COC)cc2c1. The van der Waals surface area contributed by atoms with Crippen LogP contribution in [0, 0.1) is 5.82 Å². The maximum atomic E-state index is 15.3. The number of benzene rings is 3. The predicted molar refractivity (Wildman–Crippen MR) is 139 cm³/mol. The average Bonchev–Trinajstić information content (AvgIpc) is 3.30. The number of halogens is 1. The van der Waals surface area contributed by atoms with E-state index in [1.54, 1.807) is 32.2 Å². The molecule has 0 spiro atoms. The zero-order valence-electron chi connectivity index (χ0n) is 21.0. The van der Waals surface area contributed by atoms with E-state index in [1.165, 1.54) is 0 Å². The smallest absolute Gasteiger partial charge is 0.310 e. The lowest BCUT2D eigenvalue weighted by molar-refractivity contribution is -0.142. The Kier molecular flexibility index (Phi) is 8.55. The van der Waals surface area contributed by atoms with Crippen molar-refractivity contribution in [2.24, 2.45) is 11.5 Å². The van der Waals surface area contributed by atoms with Crippen molar-refractivity contribution in [1.82, 2.24) is 0 Å². The van der Waals surface area contributed by atoms with E-state index >= 15 is 4.39 Å². The van der Waals surface area contributed by atoms with Crippen molar-refractivity contribution >= 4 is 16.9 Å². The van der Waals surface area contributed by atoms with Gasteiger partial charge in [-0.05, 0) is 42.3 Å². The predicted octanol–water partition coefficient (Wildman–Crippen LogP) is 4.99. The van der Waals surface area contributed by atoms with Gasteiger partial charge in [-0.1, -0.05) is 30.3 Å². The van der Waals surface area contributed by atoms with E-state index < -0.39 is 0 Å². The maximum Gasteiger partial charge on any atom is 0.310 e. The molecule has 0 radical (unpaired) electrons. The summed E-state index contributed by atoms with van der Waals surface area (Å²) in [4.78, 5) is 12.1. The van der Waals surface area contributed by atoms with Crippen LogP contribution in [0.4, 0.5) is 4.39 Å². The van der Waals surface area contributed by atoms with Crippen LogP contribution in [-0.4, -0.2) is 19.7 Å². The van der Waals surface area contributed by atoms with Gasteiger partial charge in [-0.3, -0.25) is 4.79 Å². The summed E-state index contributed by atoms with van der Waals surface area (Å²) in [5.41, 5.74) is 15.9. The highest BCUT2D eigenvalue weighted by atomic mass is 19.1. The van der Waals surface area contributed by atoms with Crippen molar-refractivity contribution in [3.8, 4) is 16.9 Å². The maximum absolute atomic E-state index is 15.3. The molecule has 4 rings (SSSR count). The lowest BCUT2D eigenvalue weighted by atomic mass is 9.98. The quantitative estimate of drug-likeness (QED) is 0.276. The molecular weight excluding hydrogens is 475 g/mol. The summed E-state index contributed by atoms with van der Waals surface area (Å²) in [5, 5.41) is 0.795. The van der Waals surface area contributed by atoms with Crippen LogP contribution in [0.3, 0.4) is 0 Å². The van der Waals surface area contributed by atoms with Crippen molar-refractivity contribution < 1.29 is 27.8 Å². The molecule has 0 bridgehead atoms. The van der Waals surface area contributed by atoms with Crippen molar-refractivity contribution in [3.05, 3.63) is 88.4 Å². The molecule has 7 nitrogen and oxygen atoms in total. The first-order valence-corrected chi connectivity index (χ1v) is 12.1. The number of fused-ring (bicyclic) bond motifs is 1. The standard InChI is InChI=1S/C29H31FN2O5/c1-3-35-27(33)13-20-8-7-18(14-31)11-26(20)36-16-19-9-22-12-23(17-34-2)37-29(22)25(10-19)24-6-4-5-21(15-32)28(24)30/h4-12H,3,13-17,31-32H2,1-2H3. The number of carbonyl (C=O) groups excluding carboxylic acids is 1. The fourth-order valence-electron chi connectivity index (χ4n) is 4.25. The molecule has 4 aromatic rings. The van der Waals surface area contributed by atoms with Crippen molar-refractivity contribution in [1.29, 1.82) is 0 Å². The van der Waals surface area contributed by atoms with Crippen LogP contribution in [0.1, 0.15) is 34.9 Å². The van der Waals surface area contributed by atoms with Crippen LogP contribution in [0.2, 0.25) is 0 Å². The number of esters is 1. The second kappa shape index (κ2) is 12.0. The number of hydrogen-bond donors (Lipinski definition) is 2. The number of nitrogens with two attached hydrogens (primary N) is 2. The normalized spacial score (nSPS) is 11.2. The van der Waals surface area contributed by atoms with Gasteiger partial charge in [-0.2, -0.15) is 0 Å². The van der Waals surface area contributed by atoms with Crippen molar-refractivity contribution in [3.63, 3.8) is 0 Å². The van der Waals surface area contributed by atoms with Crippen molar-refractivity contribution in [2.75, 3.05) is 13.7 Å². The van der Waals surface area contributed by atoms with Gasteiger partial charge in [0.2, 0.25) is 0 Å². The van der Waals surface area contributed by atoms with Gasteiger partial charge in [0.05, 0.1) is 13.0 Å². The third-order valence-corrected chi connectivity index (χ3v) is 6.00. The molecule has 0 aliphatic rings. The highest BCUT2D eigenvalue weighted by Gasteiger charge is 2.18. The summed E-state index contributed by atoms with van der Waals surface area (Å²) >= 11 is 0. The van der Waals surface area contributed by atoms with Crippen LogP contribution in [0.15, 0.2) is 59.0 Å². The molecule has 194 valence electrons. The van der Waals surface area contributed by atoms with E-state index in [0.717, 1.165) is 16.5 Å². The van der Waals surface area contributed by atoms with E-state index in [4.69, 9.17) is 30.1 Å². The molecule has 0 saturated carbocycles. The number of rotatable bonds is 11. The van der Waals surface area contributed by atoms with E-state index in [9.17, 15) is 4.79 Å². The highest BCUT2D eigenvalue weighted by Crippen LogP contribution is 2.35. The van der Waals surface area contributed by atoms with Gasteiger partial charge in [0, 0.05) is 47.8 Å². The summed E-state index contributed by atoms with van der Waals surface area (Å²) in [6.45, 7) is 2.95. The van der Waals surface area contributed by atoms with Crippen LogP contribution in [0.25, 0.3) is 22.1 Å². The van der Waals surface area contributed by atoms with E-state index in [-0.39, 0.29) is 38.0 Å². The Morgan fingerprint density at radius 2 is 1.78 bits per heavy atom. The Labute approximate surface area is 215 Å². The number of hydrogen-bond acceptors (Lipinski definition) is 7. The molecule has 0 fully saturated rings. The Morgan fingerprint density at radius 1 is 0.946 bits per heavy atom. The minimum absolute atomic E-state index is 0.0809. The zero-order valence-corrected chi connectivity index (χ0v) is 21.0. The molecule has 0 saturated heterocycles. The van der Waals surface area contributed by atoms with E-state index in [2.05, 4.69) is 0 Å². The first kappa shape index (κ1) is 26.3. The summed E-state index contributed by atoms with van der Waals surface area (Å²) in [5.74, 6) is 0.443. The summed E-state index contributed by atoms with van der Waals surface area (Å²) in [6.07, 6.45) is 0.0809. The average molecular weight is 507 g/mol. The molecule has 0 atom stereocenters. The Bertz CT molecular complexity index is 1400. The fourth-order valence-corrected chi connectivity index (χ4v) is 4.25. The number of carbonyl (C=O) groups is 1. The third kappa shape index (κ3) is 5.99. The summed E-state index contributed by atoms with van der Waals surface area (Å²) < 4.78 is 37.8. The lowest BCUT2D eigenvalue weighted by Crippen LogP contribution is -2.10. The first-order valence-electron chi connectivity index (χ1n) is 12.1. The minimum atomic E-state index is -0.388. The Morgan fingerprint density at radius 3 is 2.51 bits per heavy atom. The molecular formula is C29H31FN2O5. The Balaban J connectivity index is 1.73. The van der Waals surface area contributed by atoms with Gasteiger partial charge in [-0.15, -0.1) is 0 Å². The van der Waals surface area contributed by atoms with Gasteiger partial charge in [0.1, 0.15) is 36.1 Å². The molecule has 0 aliphatic carbocycles. The van der Waals surface area contributed by atoms with E-state index in [1.807, 2.05) is 36.4 Å². The van der Waals surface area contributed by atoms with Gasteiger partial charge in [0.15, 0.2) is 0 Å². The molecule has 0 aliphatic heterocycles. The zero-order chi connectivity index (χ0) is 26.4. The first-order chi connectivity index (χ1) is 18.0. The van der Waals surface area contributed by atoms with Crippen LogP contribution < -0.4 is 16.2 Å². The second-order valence-electron chi connectivity index (χ2n) is 8.61. The molecule has 37 heavy (non-hydrogen) atoms. The van der Waals surface area contributed by atoms with Crippen molar-refractivity contribution in [2.45, 2.75) is 39.6 Å². The molecule has 8 heteroatoms. The summed E-state index contributed by atoms with van der Waals surface area (Å²) in [6, 6.07) is 16.3. The van der Waals surface area contributed by atoms with Crippen LogP contribution >= 0.6 is 0 Å². The molecule has 0 unspecified atom stereocenters. The number of methoxy groups -OCH3 is 1. The second-order valence-corrected chi connectivity index (χ2v) is 8.61. The van der Waals surface area contributed by atoms with Gasteiger partial charge < -0.3 is 30.1 Å². The minimum Gasteiger partial charge on any atom is -0.489 e. The van der Waals surface area contributed by atoms with Gasteiger partial charge >= 0.3 is 5.97 Å². The van der Waals surface area contributed by atoms with E-state index in [0.29, 0.717) is 52.5 Å². The lowest BCUT2D eigenvalue weighted by Gasteiger charge is -2.14. The molecule has 3 aromatic carbocycles. The highest BCUT2D eigenvalue weighted by molar-refractivity contribution is 5.94. The largest absolute Gasteiger partial charge is 0.489 e. The third-order valence-electron chi connectivity index (χ3n) is 6.00. The summed E-state index contributed by atoms with van der Waals surface area (Å²) in [7, 11) is 1.58. The Hall–Kier alpha value is -3.72. The molecule has 1 aromatic heterocycles. The molecule has 0 amide bonds. The van der Waals surface area contributed by atoms with Gasteiger partial charge in [-0.25, -0.2) is 4.39 Å². The van der Waals surface area contributed by atoms with Gasteiger partial charge in [0.25, 0.3) is 0 Å².